The highest BCUT2D eigenvalue weighted by Gasteiger charge is 2.35. The minimum Gasteiger partial charge on any atom is -0.479 e. The summed E-state index contributed by atoms with van der Waals surface area (Å²) in [5, 5.41) is 34.0. The van der Waals surface area contributed by atoms with Crippen molar-refractivity contribution in [1.29, 1.82) is 0 Å². The summed E-state index contributed by atoms with van der Waals surface area (Å²) >= 11 is 0. The topological polar surface area (TPSA) is 123 Å². The number of carboxylic acids is 2. The van der Waals surface area contributed by atoms with E-state index in [4.69, 9.17) is 20.4 Å². The van der Waals surface area contributed by atoms with Gasteiger partial charge in [-0.25, -0.2) is 9.59 Å². The van der Waals surface area contributed by atoms with E-state index < -0.39 is 24.1 Å². The van der Waals surface area contributed by atoms with Gasteiger partial charge in [-0.2, -0.15) is 0 Å². The van der Waals surface area contributed by atoms with Crippen LogP contribution in [0.2, 0.25) is 0 Å². The van der Waals surface area contributed by atoms with Crippen LogP contribution in [0.3, 0.4) is 0 Å². The van der Waals surface area contributed by atoms with E-state index in [1.807, 2.05) is 6.08 Å². The maximum atomic E-state index is 9.77. The van der Waals surface area contributed by atoms with Crippen LogP contribution in [-0.4, -0.2) is 73.7 Å². The highest BCUT2D eigenvalue weighted by Crippen LogP contribution is 2.42. The molecule has 0 saturated heterocycles. The van der Waals surface area contributed by atoms with Gasteiger partial charge >= 0.3 is 11.9 Å². The number of carboxylic acid groups (broad SMARTS) is 2. The van der Waals surface area contributed by atoms with Gasteiger partial charge in [0.25, 0.3) is 0 Å². The van der Waals surface area contributed by atoms with Gasteiger partial charge in [0.2, 0.25) is 0 Å². The first kappa shape index (κ1) is 22.7. The van der Waals surface area contributed by atoms with Crippen molar-refractivity contribution in [2.75, 3.05) is 13.6 Å². The van der Waals surface area contributed by atoms with E-state index in [1.54, 1.807) is 0 Å². The summed E-state index contributed by atoms with van der Waals surface area (Å²) in [6, 6.07) is 7.38. The largest absolute Gasteiger partial charge is 0.479 e. The Morgan fingerprint density at radius 2 is 1.87 bits per heavy atom. The monoisotopic (exact) mass is 428 g/mol. The number of aliphatic hydroxyl groups is 2. The van der Waals surface area contributed by atoms with Crippen molar-refractivity contribution < 1.29 is 30.0 Å². The van der Waals surface area contributed by atoms with Gasteiger partial charge < -0.3 is 25.0 Å². The average Bonchev–Trinajstić information content (AvgIpc) is 3.07. The standard InChI is InChI=1S/C19H22N2.C4H6O6/c1-4-8-21-12-14-10-18-16(9-13(2)11-20(18)3)15-6-5-7-17(21)19(14)15;5-1(3(7)8)2(6)4(9)10/h4-7,9,12,16,18H,1,8,10-11H2,2-3H3;1-2,5-6H,(H,7,8)(H,9,10)/t16-,18-;1-,2-/m11/s1. The first-order valence-corrected chi connectivity index (χ1v) is 10.1. The number of fused-ring (bicyclic) bond motifs is 2. The van der Waals surface area contributed by atoms with E-state index in [1.165, 1.54) is 27.6 Å². The lowest BCUT2D eigenvalue weighted by molar-refractivity contribution is -0.165. The van der Waals surface area contributed by atoms with Gasteiger partial charge in [0.15, 0.2) is 12.2 Å². The number of hydrogen-bond donors (Lipinski definition) is 4. The van der Waals surface area contributed by atoms with Gasteiger partial charge in [0.1, 0.15) is 0 Å². The molecule has 4 N–H and O–H groups in total. The highest BCUT2D eigenvalue weighted by molar-refractivity contribution is 5.89. The summed E-state index contributed by atoms with van der Waals surface area (Å²) in [6.07, 6.45) is 3.44. The molecular weight excluding hydrogens is 400 g/mol. The fourth-order valence-electron chi connectivity index (χ4n) is 4.52. The quantitative estimate of drug-likeness (QED) is 0.534. The lowest BCUT2D eigenvalue weighted by atomic mass is 9.77. The van der Waals surface area contributed by atoms with Crippen LogP contribution in [0.4, 0.5) is 0 Å². The van der Waals surface area contributed by atoms with Crippen LogP contribution < -0.4 is 0 Å². The number of rotatable bonds is 5. The summed E-state index contributed by atoms with van der Waals surface area (Å²) < 4.78 is 2.34. The number of benzene rings is 1. The molecule has 0 spiro atoms. The molecule has 1 aromatic heterocycles. The second kappa shape index (κ2) is 9.05. The van der Waals surface area contributed by atoms with Crippen LogP contribution in [0.5, 0.6) is 0 Å². The molecule has 166 valence electrons. The molecule has 0 amide bonds. The van der Waals surface area contributed by atoms with Crippen LogP contribution in [-0.2, 0) is 22.6 Å². The maximum absolute atomic E-state index is 9.77. The first-order valence-electron chi connectivity index (χ1n) is 10.1. The molecule has 31 heavy (non-hydrogen) atoms. The Labute approximate surface area is 180 Å². The molecule has 0 saturated carbocycles. The molecule has 2 heterocycles. The summed E-state index contributed by atoms with van der Waals surface area (Å²) in [7, 11) is 2.26. The highest BCUT2D eigenvalue weighted by atomic mass is 16.4. The number of carbonyl (C=O) groups is 2. The zero-order chi connectivity index (χ0) is 22.9. The summed E-state index contributed by atoms with van der Waals surface area (Å²) in [6.45, 7) is 8.13. The Kier molecular flexibility index (Phi) is 6.64. The van der Waals surface area contributed by atoms with E-state index in [9.17, 15) is 9.59 Å². The van der Waals surface area contributed by atoms with Crippen LogP contribution in [0.1, 0.15) is 24.0 Å². The number of aliphatic hydroxyl groups excluding tert-OH is 2. The van der Waals surface area contributed by atoms with Gasteiger partial charge in [-0.1, -0.05) is 29.9 Å². The molecule has 4 rings (SSSR count). The van der Waals surface area contributed by atoms with Crippen molar-refractivity contribution >= 4 is 22.8 Å². The summed E-state index contributed by atoms with van der Waals surface area (Å²) in [4.78, 5) is 22.1. The molecule has 0 fully saturated rings. The maximum Gasteiger partial charge on any atom is 0.335 e. The lowest BCUT2D eigenvalue weighted by Gasteiger charge is -2.40. The van der Waals surface area contributed by atoms with Gasteiger partial charge in [-0.15, -0.1) is 6.58 Å². The van der Waals surface area contributed by atoms with E-state index in [-0.39, 0.29) is 0 Å². The Morgan fingerprint density at radius 1 is 1.23 bits per heavy atom. The van der Waals surface area contributed by atoms with Gasteiger partial charge in [0.05, 0.1) is 0 Å². The van der Waals surface area contributed by atoms with Gasteiger partial charge in [-0.05, 0) is 37.6 Å². The molecule has 2 aromatic rings. The SMILES string of the molecule is C=CCn1cc2c3c(cccc31)[C@H]1C=C(C)CN(C)[C@@H]1C2.O=C(O)[C@H](O)[C@@H](O)C(=O)O. The van der Waals surface area contributed by atoms with Crippen molar-refractivity contribution in [2.45, 2.75) is 44.1 Å². The third-order valence-electron chi connectivity index (χ3n) is 5.88. The fraction of sp³-hybridized carbons (Fsp3) is 0.391. The predicted octanol–water partition coefficient (Wildman–Crippen LogP) is 1.60. The molecule has 0 unspecified atom stereocenters. The van der Waals surface area contributed by atoms with Crippen LogP contribution >= 0.6 is 0 Å². The van der Waals surface area contributed by atoms with Crippen molar-refractivity contribution in [1.82, 2.24) is 9.47 Å². The molecule has 8 heteroatoms. The molecule has 1 aromatic carbocycles. The number of nitrogens with zero attached hydrogens (tertiary/aromatic N) is 2. The normalized spacial score (nSPS) is 21.9. The number of allylic oxidation sites excluding steroid dienone is 1. The predicted molar refractivity (Wildman–Crippen MR) is 116 cm³/mol. The molecule has 8 nitrogen and oxygen atoms in total. The zero-order valence-corrected chi connectivity index (χ0v) is 17.6. The minimum atomic E-state index is -2.27. The Hall–Kier alpha value is -2.94. The molecule has 0 radical (unpaired) electrons. The lowest BCUT2D eigenvalue weighted by Crippen LogP contribution is -2.43. The third kappa shape index (κ3) is 4.41. The van der Waals surface area contributed by atoms with Crippen molar-refractivity contribution in [3.05, 3.63) is 59.8 Å². The minimum absolute atomic E-state index is 0.541. The fourth-order valence-corrected chi connectivity index (χ4v) is 4.52. The van der Waals surface area contributed by atoms with E-state index in [2.05, 4.69) is 60.5 Å². The molecule has 0 bridgehead atoms. The summed E-state index contributed by atoms with van der Waals surface area (Å²) in [5.74, 6) is -3.00. The van der Waals surface area contributed by atoms with E-state index in [0.717, 1.165) is 19.5 Å². The smallest absolute Gasteiger partial charge is 0.335 e. The van der Waals surface area contributed by atoms with Gasteiger partial charge in [0, 0.05) is 42.1 Å². The molecule has 4 atom stereocenters. The van der Waals surface area contributed by atoms with E-state index in [0.29, 0.717) is 12.0 Å². The van der Waals surface area contributed by atoms with Crippen LogP contribution in [0, 0.1) is 0 Å². The van der Waals surface area contributed by atoms with Crippen LogP contribution in [0.15, 0.2) is 48.7 Å². The molecular formula is C23H28N2O6. The molecule has 1 aliphatic heterocycles. The Morgan fingerprint density at radius 3 is 2.45 bits per heavy atom. The van der Waals surface area contributed by atoms with Gasteiger partial charge in [-0.3, -0.25) is 4.90 Å². The number of hydrogen-bond acceptors (Lipinski definition) is 5. The van der Waals surface area contributed by atoms with Crippen molar-refractivity contribution in [3.63, 3.8) is 0 Å². The van der Waals surface area contributed by atoms with Crippen LogP contribution in [0.25, 0.3) is 10.9 Å². The van der Waals surface area contributed by atoms with E-state index >= 15 is 0 Å². The average molecular weight is 428 g/mol. The summed E-state index contributed by atoms with van der Waals surface area (Å²) in [5.41, 5.74) is 5.86. The van der Waals surface area contributed by atoms with Crippen molar-refractivity contribution in [2.24, 2.45) is 0 Å². The molecule has 1 aliphatic carbocycles. The zero-order valence-electron chi connectivity index (χ0n) is 17.6. The van der Waals surface area contributed by atoms with Crippen molar-refractivity contribution in [3.8, 4) is 0 Å². The number of likely N-dealkylation sites (N-methyl/N-ethyl adjacent to an activating group) is 1. The second-order valence-corrected chi connectivity index (χ2v) is 8.13. The third-order valence-corrected chi connectivity index (χ3v) is 5.88. The first-order chi connectivity index (χ1) is 14.6. The Balaban J connectivity index is 0.000000233. The number of aliphatic carboxylic acids is 2. The Bertz CT molecular complexity index is 1020. The molecule has 2 aliphatic rings. The number of aromatic nitrogens is 1. The second-order valence-electron chi connectivity index (χ2n) is 8.13.